The molecular weight excluding hydrogens is 380 g/mol. The quantitative estimate of drug-likeness (QED) is 0.594. The summed E-state index contributed by atoms with van der Waals surface area (Å²) in [5.41, 5.74) is 1.53. The van der Waals surface area contributed by atoms with Crippen LogP contribution in [0.15, 0.2) is 36.4 Å². The van der Waals surface area contributed by atoms with E-state index >= 15 is 0 Å². The number of carbonyl (C=O) groups excluding carboxylic acids is 1. The predicted molar refractivity (Wildman–Crippen MR) is 101 cm³/mol. The van der Waals surface area contributed by atoms with Crippen molar-refractivity contribution in [3.05, 3.63) is 64.4 Å². The molecule has 0 bridgehead atoms. The van der Waals surface area contributed by atoms with Crippen LogP contribution in [0.4, 0.5) is 8.78 Å². The summed E-state index contributed by atoms with van der Waals surface area (Å²) in [6.07, 6.45) is 2.58. The molecular formula is C18H16ClF2N3OS. The molecule has 4 nitrogen and oxygen atoms in total. The van der Waals surface area contributed by atoms with Crippen LogP contribution in [0.1, 0.15) is 28.6 Å². The molecule has 0 saturated carbocycles. The maximum atomic E-state index is 13.5. The van der Waals surface area contributed by atoms with Crippen molar-refractivity contribution < 1.29 is 13.6 Å². The van der Waals surface area contributed by atoms with Gasteiger partial charge in [-0.2, -0.15) is 11.8 Å². The van der Waals surface area contributed by atoms with Crippen LogP contribution >= 0.6 is 23.4 Å². The van der Waals surface area contributed by atoms with Crippen molar-refractivity contribution in [2.75, 3.05) is 12.0 Å². The number of halogens is 3. The van der Waals surface area contributed by atoms with E-state index in [1.807, 2.05) is 30.5 Å². The second-order valence-electron chi connectivity index (χ2n) is 5.69. The fraction of sp³-hybridized carbons (Fsp3) is 0.222. The van der Waals surface area contributed by atoms with Gasteiger partial charge in [0.15, 0.2) is 11.6 Å². The summed E-state index contributed by atoms with van der Waals surface area (Å²) >= 11 is 7.53. The topological polar surface area (TPSA) is 57.8 Å². The minimum atomic E-state index is -1.12. The number of hydrogen-bond acceptors (Lipinski definition) is 3. The summed E-state index contributed by atoms with van der Waals surface area (Å²) in [6, 6.07) is 8.72. The average Bonchev–Trinajstić information content (AvgIpc) is 3.05. The number of thioether (sulfide) groups is 1. The normalized spacial score (nSPS) is 12.3. The fourth-order valence-electron chi connectivity index (χ4n) is 2.58. The Morgan fingerprint density at radius 3 is 2.77 bits per heavy atom. The van der Waals surface area contributed by atoms with Gasteiger partial charge in [-0.3, -0.25) is 4.79 Å². The molecule has 0 saturated heterocycles. The van der Waals surface area contributed by atoms with E-state index < -0.39 is 23.6 Å². The third kappa shape index (κ3) is 3.99. The summed E-state index contributed by atoms with van der Waals surface area (Å²) < 4.78 is 26.7. The molecule has 0 unspecified atom stereocenters. The van der Waals surface area contributed by atoms with E-state index in [0.29, 0.717) is 12.2 Å². The van der Waals surface area contributed by atoms with Crippen molar-refractivity contribution in [1.29, 1.82) is 0 Å². The van der Waals surface area contributed by atoms with Gasteiger partial charge in [0.25, 0.3) is 5.91 Å². The number of nitrogens with zero attached hydrogens (tertiary/aromatic N) is 1. The minimum absolute atomic E-state index is 0.115. The first-order valence-corrected chi connectivity index (χ1v) is 9.65. The number of amides is 1. The Bertz CT molecular complexity index is 914. The summed E-state index contributed by atoms with van der Waals surface area (Å²) in [7, 11) is 0. The van der Waals surface area contributed by atoms with Gasteiger partial charge in [0, 0.05) is 0 Å². The Morgan fingerprint density at radius 1 is 1.31 bits per heavy atom. The molecule has 0 aliphatic heterocycles. The van der Waals surface area contributed by atoms with Crippen molar-refractivity contribution in [3.63, 3.8) is 0 Å². The number of H-pyrrole nitrogens is 1. The van der Waals surface area contributed by atoms with Crippen LogP contribution in [0.5, 0.6) is 0 Å². The van der Waals surface area contributed by atoms with Gasteiger partial charge in [-0.15, -0.1) is 0 Å². The first kappa shape index (κ1) is 18.7. The maximum Gasteiger partial charge on any atom is 0.253 e. The number of hydrogen-bond donors (Lipinski definition) is 2. The van der Waals surface area contributed by atoms with Gasteiger partial charge < -0.3 is 10.3 Å². The molecule has 2 N–H and O–H groups in total. The van der Waals surface area contributed by atoms with Gasteiger partial charge in [-0.05, 0) is 42.7 Å². The number of nitrogens with one attached hydrogen (secondary N) is 2. The van der Waals surface area contributed by atoms with Crippen LogP contribution in [0.3, 0.4) is 0 Å². The molecule has 0 aliphatic carbocycles. The third-order valence-electron chi connectivity index (χ3n) is 3.91. The van der Waals surface area contributed by atoms with E-state index in [-0.39, 0.29) is 10.6 Å². The molecule has 3 aromatic rings. The molecule has 1 atom stereocenters. The van der Waals surface area contributed by atoms with Crippen LogP contribution in [-0.2, 0) is 0 Å². The number of fused-ring (bicyclic) bond motifs is 1. The maximum absolute atomic E-state index is 13.5. The van der Waals surface area contributed by atoms with Crippen molar-refractivity contribution in [1.82, 2.24) is 15.3 Å². The fourth-order valence-corrected chi connectivity index (χ4v) is 3.29. The standard InChI is InChI=1S/C18H16ClF2N3OS/c1-26-7-6-16(17-22-14-4-2-3-5-15(14)23-17)24-18(25)10-8-12(20)13(21)9-11(10)19/h2-5,8-9,16H,6-7H2,1H3,(H,22,23)(H,24,25)/t16-/m0/s1. The minimum Gasteiger partial charge on any atom is -0.342 e. The van der Waals surface area contributed by atoms with Crippen LogP contribution in [0.2, 0.25) is 5.02 Å². The molecule has 1 aromatic heterocycles. The monoisotopic (exact) mass is 395 g/mol. The van der Waals surface area contributed by atoms with E-state index in [2.05, 4.69) is 15.3 Å². The Balaban J connectivity index is 1.88. The largest absolute Gasteiger partial charge is 0.342 e. The zero-order valence-electron chi connectivity index (χ0n) is 13.9. The smallest absolute Gasteiger partial charge is 0.253 e. The zero-order valence-corrected chi connectivity index (χ0v) is 15.4. The highest BCUT2D eigenvalue weighted by atomic mass is 35.5. The molecule has 8 heteroatoms. The summed E-state index contributed by atoms with van der Waals surface area (Å²) in [5.74, 6) is -1.41. The predicted octanol–water partition coefficient (Wildman–Crippen LogP) is 4.72. The van der Waals surface area contributed by atoms with Gasteiger partial charge in [0.05, 0.1) is 27.7 Å². The van der Waals surface area contributed by atoms with Gasteiger partial charge in [-0.25, -0.2) is 13.8 Å². The van der Waals surface area contributed by atoms with Crippen LogP contribution in [0, 0.1) is 11.6 Å². The number of aromatic amines is 1. The third-order valence-corrected chi connectivity index (χ3v) is 4.86. The van der Waals surface area contributed by atoms with Gasteiger partial charge in [0.1, 0.15) is 5.82 Å². The van der Waals surface area contributed by atoms with Gasteiger partial charge in [0.2, 0.25) is 0 Å². The molecule has 26 heavy (non-hydrogen) atoms. The van der Waals surface area contributed by atoms with E-state index in [0.717, 1.165) is 28.9 Å². The van der Waals surface area contributed by atoms with E-state index in [1.54, 1.807) is 11.8 Å². The summed E-state index contributed by atoms with van der Waals surface area (Å²) in [6.45, 7) is 0. The first-order valence-electron chi connectivity index (χ1n) is 7.88. The van der Waals surface area contributed by atoms with Crippen molar-refractivity contribution in [2.24, 2.45) is 0 Å². The van der Waals surface area contributed by atoms with Crippen molar-refractivity contribution in [2.45, 2.75) is 12.5 Å². The molecule has 0 fully saturated rings. The summed E-state index contributed by atoms with van der Waals surface area (Å²) in [5, 5.41) is 2.67. The lowest BCUT2D eigenvalue weighted by molar-refractivity contribution is 0.0934. The highest BCUT2D eigenvalue weighted by Gasteiger charge is 2.21. The van der Waals surface area contributed by atoms with E-state index in [4.69, 9.17) is 11.6 Å². The van der Waals surface area contributed by atoms with Gasteiger partial charge >= 0.3 is 0 Å². The van der Waals surface area contributed by atoms with Crippen LogP contribution in [-0.4, -0.2) is 27.9 Å². The molecule has 3 rings (SSSR count). The van der Waals surface area contributed by atoms with Crippen molar-refractivity contribution in [3.8, 4) is 0 Å². The van der Waals surface area contributed by atoms with E-state index in [9.17, 15) is 13.6 Å². The SMILES string of the molecule is CSCC[C@H](NC(=O)c1cc(F)c(F)cc1Cl)c1nc2ccccc2[nH]1. The molecule has 2 aromatic carbocycles. The van der Waals surface area contributed by atoms with Gasteiger partial charge in [-0.1, -0.05) is 23.7 Å². The van der Waals surface area contributed by atoms with E-state index in [1.165, 1.54) is 0 Å². The lowest BCUT2D eigenvalue weighted by atomic mass is 10.1. The lowest BCUT2D eigenvalue weighted by Crippen LogP contribution is -2.30. The molecule has 1 amide bonds. The first-order chi connectivity index (χ1) is 12.5. The molecule has 1 heterocycles. The molecule has 0 radical (unpaired) electrons. The second kappa shape index (κ2) is 8.05. The Kier molecular flexibility index (Phi) is 5.78. The molecule has 136 valence electrons. The Hall–Kier alpha value is -2.12. The molecule has 0 spiro atoms. The number of para-hydroxylation sites is 2. The number of aromatic nitrogens is 2. The number of rotatable bonds is 6. The molecule has 0 aliphatic rings. The number of imidazole rings is 1. The Labute approximate surface area is 158 Å². The van der Waals surface area contributed by atoms with Crippen molar-refractivity contribution >= 4 is 40.3 Å². The Morgan fingerprint density at radius 2 is 2.04 bits per heavy atom. The average molecular weight is 396 g/mol. The van der Waals surface area contributed by atoms with Crippen LogP contribution in [0.25, 0.3) is 11.0 Å². The number of carbonyl (C=O) groups is 1. The van der Waals surface area contributed by atoms with Crippen LogP contribution < -0.4 is 5.32 Å². The summed E-state index contributed by atoms with van der Waals surface area (Å²) in [4.78, 5) is 20.3. The highest BCUT2D eigenvalue weighted by molar-refractivity contribution is 7.98. The number of benzene rings is 2. The zero-order chi connectivity index (χ0) is 18.7. The lowest BCUT2D eigenvalue weighted by Gasteiger charge is -2.17. The highest BCUT2D eigenvalue weighted by Crippen LogP contribution is 2.23. The second-order valence-corrected chi connectivity index (χ2v) is 7.09.